The number of anilines is 1. The summed E-state index contributed by atoms with van der Waals surface area (Å²) in [5.41, 5.74) is 1.71. The van der Waals surface area contributed by atoms with E-state index < -0.39 is 21.9 Å². The number of fused-ring (bicyclic) bond motifs is 1. The van der Waals surface area contributed by atoms with E-state index in [4.69, 9.17) is 20.8 Å². The molecule has 13 heteroatoms. The van der Waals surface area contributed by atoms with Crippen molar-refractivity contribution in [2.24, 2.45) is 0 Å². The highest BCUT2D eigenvalue weighted by atomic mass is 35.5. The summed E-state index contributed by atoms with van der Waals surface area (Å²) < 4.78 is 39.6. The Hall–Kier alpha value is -3.16. The van der Waals surface area contributed by atoms with Crippen LogP contribution in [0.5, 0.6) is 5.75 Å². The topological polar surface area (TPSA) is 133 Å². The molecule has 2 heterocycles. The monoisotopic (exact) mass is 563 g/mol. The summed E-state index contributed by atoms with van der Waals surface area (Å²) in [4.78, 5) is 28.9. The highest BCUT2D eigenvalue weighted by Gasteiger charge is 2.22. The van der Waals surface area contributed by atoms with Crippen molar-refractivity contribution in [2.45, 2.75) is 13.0 Å². The van der Waals surface area contributed by atoms with Gasteiger partial charge in [0, 0.05) is 77.3 Å². The van der Waals surface area contributed by atoms with E-state index in [-0.39, 0.29) is 22.9 Å². The van der Waals surface area contributed by atoms with Crippen LogP contribution in [0.1, 0.15) is 16.7 Å². The number of rotatable bonds is 8. The van der Waals surface area contributed by atoms with E-state index in [0.717, 1.165) is 31.7 Å². The quantitative estimate of drug-likeness (QED) is 0.356. The van der Waals surface area contributed by atoms with Crippen molar-refractivity contribution in [1.29, 1.82) is 0 Å². The van der Waals surface area contributed by atoms with E-state index in [9.17, 15) is 18.0 Å². The van der Waals surface area contributed by atoms with Crippen LogP contribution in [0.2, 0.25) is 5.02 Å². The minimum Gasteiger partial charge on any atom is -0.422 e. The van der Waals surface area contributed by atoms with E-state index in [1.165, 1.54) is 18.0 Å². The SMILES string of the molecule is CNS(=O)(=O)Nc1cccc(Cc2c(CN3CCNCC3)c3ccc(OC(=O)N(C)C)cc3oc2=O)c1Cl. The number of benzene rings is 2. The van der Waals surface area contributed by atoms with Crippen LogP contribution in [0.25, 0.3) is 11.0 Å². The van der Waals surface area contributed by atoms with Gasteiger partial charge in [-0.3, -0.25) is 9.62 Å². The second kappa shape index (κ2) is 11.7. The number of amides is 1. The molecule has 38 heavy (non-hydrogen) atoms. The standard InChI is InChI=1S/C25H30ClN5O6S/c1-27-38(34,35)29-21-6-4-5-16(23(21)26)13-19-20(15-31-11-9-28-10-12-31)18-8-7-17(36-25(33)30(2)3)14-22(18)37-24(19)32/h4-8,14,27-29H,9-13,15H2,1-3H3. The number of carbonyl (C=O) groups excluding carboxylic acids is 1. The second-order valence-electron chi connectivity index (χ2n) is 9.06. The van der Waals surface area contributed by atoms with E-state index in [1.54, 1.807) is 44.4 Å². The normalized spacial score (nSPS) is 14.4. The van der Waals surface area contributed by atoms with Crippen molar-refractivity contribution in [1.82, 2.24) is 19.8 Å². The van der Waals surface area contributed by atoms with Crippen molar-refractivity contribution in [3.63, 3.8) is 0 Å². The van der Waals surface area contributed by atoms with Gasteiger partial charge >= 0.3 is 11.7 Å². The molecule has 2 aromatic carbocycles. The predicted octanol–water partition coefficient (Wildman–Crippen LogP) is 2.38. The van der Waals surface area contributed by atoms with Crippen LogP contribution in [-0.2, 0) is 23.2 Å². The lowest BCUT2D eigenvalue weighted by molar-refractivity contribution is 0.172. The largest absolute Gasteiger partial charge is 0.422 e. The van der Waals surface area contributed by atoms with Gasteiger partial charge in [-0.2, -0.15) is 8.42 Å². The first-order chi connectivity index (χ1) is 18.1. The number of carbonyl (C=O) groups is 1. The first-order valence-electron chi connectivity index (χ1n) is 12.0. The molecule has 4 rings (SSSR count). The van der Waals surface area contributed by atoms with Gasteiger partial charge in [-0.1, -0.05) is 23.7 Å². The molecule has 1 saturated heterocycles. The molecule has 0 bridgehead atoms. The summed E-state index contributed by atoms with van der Waals surface area (Å²) in [6, 6.07) is 9.91. The number of nitrogens with zero attached hydrogens (tertiary/aromatic N) is 2. The Bertz CT molecular complexity index is 1500. The Morgan fingerprint density at radius 2 is 1.92 bits per heavy atom. The average molecular weight is 564 g/mol. The van der Waals surface area contributed by atoms with Crippen LogP contribution in [0.3, 0.4) is 0 Å². The number of ether oxygens (including phenoxy) is 1. The third-order valence-electron chi connectivity index (χ3n) is 6.21. The molecular weight excluding hydrogens is 534 g/mol. The summed E-state index contributed by atoms with van der Waals surface area (Å²) in [6.45, 7) is 3.78. The Morgan fingerprint density at radius 3 is 2.61 bits per heavy atom. The molecular formula is C25H30ClN5O6S. The fourth-order valence-electron chi connectivity index (χ4n) is 4.17. The van der Waals surface area contributed by atoms with E-state index in [2.05, 4.69) is 19.7 Å². The third kappa shape index (κ3) is 6.45. The van der Waals surface area contributed by atoms with Crippen molar-refractivity contribution >= 4 is 44.6 Å². The Labute approximate surface area is 225 Å². The molecule has 1 fully saturated rings. The molecule has 1 amide bonds. The molecule has 1 aromatic heterocycles. The zero-order valence-corrected chi connectivity index (χ0v) is 22.9. The summed E-state index contributed by atoms with van der Waals surface area (Å²) >= 11 is 6.57. The zero-order valence-electron chi connectivity index (χ0n) is 21.3. The fraction of sp³-hybridized carbons (Fsp3) is 0.360. The van der Waals surface area contributed by atoms with Gasteiger partial charge in [-0.25, -0.2) is 14.3 Å². The van der Waals surface area contributed by atoms with Gasteiger partial charge in [0.1, 0.15) is 11.3 Å². The van der Waals surface area contributed by atoms with Crippen molar-refractivity contribution in [3.8, 4) is 5.75 Å². The summed E-state index contributed by atoms with van der Waals surface area (Å²) in [5.74, 6) is 0.257. The molecule has 1 aliphatic heterocycles. The van der Waals surface area contributed by atoms with Crippen LogP contribution in [0, 0.1) is 0 Å². The molecule has 11 nitrogen and oxygen atoms in total. The molecule has 0 spiro atoms. The van der Waals surface area contributed by atoms with Crippen LogP contribution in [-0.4, -0.2) is 71.6 Å². The maximum absolute atomic E-state index is 13.3. The molecule has 0 atom stereocenters. The van der Waals surface area contributed by atoms with Crippen LogP contribution >= 0.6 is 11.6 Å². The molecule has 0 saturated carbocycles. The molecule has 0 radical (unpaired) electrons. The van der Waals surface area contributed by atoms with Crippen LogP contribution < -0.4 is 25.1 Å². The molecule has 3 N–H and O–H groups in total. The van der Waals surface area contributed by atoms with E-state index in [1.807, 2.05) is 0 Å². The second-order valence-corrected chi connectivity index (χ2v) is 11.1. The van der Waals surface area contributed by atoms with E-state index >= 15 is 0 Å². The van der Waals surface area contributed by atoms with Gasteiger partial charge < -0.3 is 19.4 Å². The van der Waals surface area contributed by atoms with Crippen molar-refractivity contribution in [2.75, 3.05) is 52.0 Å². The summed E-state index contributed by atoms with van der Waals surface area (Å²) in [6.07, 6.45) is -0.418. The lowest BCUT2D eigenvalue weighted by Crippen LogP contribution is -2.43. The Kier molecular flexibility index (Phi) is 8.58. The van der Waals surface area contributed by atoms with Gasteiger partial charge in [-0.05, 0) is 29.3 Å². The van der Waals surface area contributed by atoms with Gasteiger partial charge in [0.25, 0.3) is 10.2 Å². The molecule has 1 aliphatic rings. The lowest BCUT2D eigenvalue weighted by Gasteiger charge is -2.28. The minimum absolute atomic E-state index is 0.130. The highest BCUT2D eigenvalue weighted by Crippen LogP contribution is 2.31. The van der Waals surface area contributed by atoms with Crippen LogP contribution in [0.15, 0.2) is 45.6 Å². The van der Waals surface area contributed by atoms with E-state index in [0.29, 0.717) is 28.6 Å². The molecule has 0 unspecified atom stereocenters. The highest BCUT2D eigenvalue weighted by molar-refractivity contribution is 7.90. The van der Waals surface area contributed by atoms with Gasteiger partial charge in [0.05, 0.1) is 10.7 Å². The fourth-order valence-corrected chi connectivity index (χ4v) is 5.03. The summed E-state index contributed by atoms with van der Waals surface area (Å²) in [7, 11) is 0.653. The first-order valence-corrected chi connectivity index (χ1v) is 13.8. The summed E-state index contributed by atoms with van der Waals surface area (Å²) in [5, 5.41) is 4.22. The zero-order chi connectivity index (χ0) is 27.4. The predicted molar refractivity (Wildman–Crippen MR) is 146 cm³/mol. The van der Waals surface area contributed by atoms with Gasteiger partial charge in [0.2, 0.25) is 0 Å². The number of nitrogens with one attached hydrogen (secondary N) is 3. The lowest BCUT2D eigenvalue weighted by atomic mass is 9.97. The molecule has 0 aliphatic carbocycles. The van der Waals surface area contributed by atoms with Crippen LogP contribution in [0.4, 0.5) is 10.5 Å². The maximum atomic E-state index is 13.3. The molecule has 3 aromatic rings. The smallest absolute Gasteiger partial charge is 0.414 e. The van der Waals surface area contributed by atoms with Crippen molar-refractivity contribution < 1.29 is 22.4 Å². The Balaban J connectivity index is 1.78. The average Bonchev–Trinajstić information content (AvgIpc) is 2.88. The number of hydrogen-bond donors (Lipinski definition) is 3. The van der Waals surface area contributed by atoms with Gasteiger partial charge in [-0.15, -0.1) is 0 Å². The Morgan fingerprint density at radius 1 is 1.18 bits per heavy atom. The molecule has 204 valence electrons. The minimum atomic E-state index is -3.78. The van der Waals surface area contributed by atoms with Gasteiger partial charge in [0.15, 0.2) is 0 Å². The number of halogens is 1. The first kappa shape index (κ1) is 27.9. The number of hydrogen-bond acceptors (Lipinski definition) is 8. The van der Waals surface area contributed by atoms with Crippen molar-refractivity contribution in [3.05, 3.63) is 68.5 Å². The maximum Gasteiger partial charge on any atom is 0.414 e. The third-order valence-corrected chi connectivity index (χ3v) is 7.68. The number of piperazine rings is 1.